The summed E-state index contributed by atoms with van der Waals surface area (Å²) < 4.78 is 25.2. The van der Waals surface area contributed by atoms with Crippen molar-refractivity contribution in [2.75, 3.05) is 0 Å². The highest BCUT2D eigenvalue weighted by Crippen LogP contribution is 2.28. The first kappa shape index (κ1) is 15.4. The van der Waals surface area contributed by atoms with Crippen LogP contribution in [0.3, 0.4) is 0 Å². The van der Waals surface area contributed by atoms with Gasteiger partial charge in [-0.05, 0) is 31.0 Å². The van der Waals surface area contributed by atoms with Crippen molar-refractivity contribution in [2.24, 2.45) is 0 Å². The third-order valence-corrected chi connectivity index (χ3v) is 4.62. The molecule has 0 aliphatic heterocycles. The maximum Gasteiger partial charge on any atom is 0.265 e. The molecule has 0 fully saturated rings. The second-order valence-electron chi connectivity index (χ2n) is 4.26. The maximum absolute atomic E-state index is 11.8. The van der Waals surface area contributed by atoms with Crippen LogP contribution in [0.1, 0.15) is 25.2 Å². The molecule has 20 heavy (non-hydrogen) atoms. The summed E-state index contributed by atoms with van der Waals surface area (Å²) in [6.07, 6.45) is 0.989. The Balaban J connectivity index is 2.76. The lowest BCUT2D eigenvalue weighted by Crippen LogP contribution is -2.03. The molecule has 0 spiro atoms. The second kappa shape index (κ2) is 5.76. The van der Waals surface area contributed by atoms with Gasteiger partial charge in [-0.25, -0.2) is 13.1 Å². The Hall–Kier alpha value is -1.04. The smallest absolute Gasteiger partial charge is 0.236 e. The Bertz CT molecular complexity index is 739. The van der Waals surface area contributed by atoms with Gasteiger partial charge in [0.05, 0.1) is 17.1 Å². The van der Waals surface area contributed by atoms with Crippen LogP contribution in [0.5, 0.6) is 0 Å². The van der Waals surface area contributed by atoms with E-state index in [0.29, 0.717) is 29.3 Å². The van der Waals surface area contributed by atoms with Crippen LogP contribution in [0, 0.1) is 0 Å². The lowest BCUT2D eigenvalue weighted by atomic mass is 10.2. The summed E-state index contributed by atoms with van der Waals surface area (Å²) >= 11 is 5.98. The van der Waals surface area contributed by atoms with Gasteiger partial charge in [0.1, 0.15) is 4.90 Å². The van der Waals surface area contributed by atoms with Crippen LogP contribution in [0.15, 0.2) is 29.2 Å². The standard InChI is InChI=1S/C13H14Cl2N2O2S/c1-3-11-13(20(15,18)19)12(4-2)17(16-11)10-7-5-6-9(14)8-10/h5-8H,3-4H2,1-2H3. The zero-order chi connectivity index (χ0) is 14.9. The monoisotopic (exact) mass is 332 g/mol. The zero-order valence-electron chi connectivity index (χ0n) is 11.1. The van der Waals surface area contributed by atoms with Crippen LogP contribution in [-0.2, 0) is 21.9 Å². The zero-order valence-corrected chi connectivity index (χ0v) is 13.4. The normalized spacial score (nSPS) is 11.8. The van der Waals surface area contributed by atoms with Crippen LogP contribution in [0.2, 0.25) is 5.02 Å². The van der Waals surface area contributed by atoms with E-state index in [2.05, 4.69) is 5.10 Å². The summed E-state index contributed by atoms with van der Waals surface area (Å²) in [5.41, 5.74) is 1.76. The summed E-state index contributed by atoms with van der Waals surface area (Å²) in [5.74, 6) is 0. The van der Waals surface area contributed by atoms with Crippen LogP contribution in [0.25, 0.3) is 5.69 Å². The number of nitrogens with zero attached hydrogens (tertiary/aromatic N) is 2. The molecule has 108 valence electrons. The van der Waals surface area contributed by atoms with Gasteiger partial charge >= 0.3 is 0 Å². The van der Waals surface area contributed by atoms with Gasteiger partial charge in [0.25, 0.3) is 9.05 Å². The van der Waals surface area contributed by atoms with Crippen molar-refractivity contribution >= 4 is 31.3 Å². The minimum atomic E-state index is -3.83. The number of hydrogen-bond donors (Lipinski definition) is 0. The van der Waals surface area contributed by atoms with Crippen LogP contribution in [-0.4, -0.2) is 18.2 Å². The van der Waals surface area contributed by atoms with Crippen molar-refractivity contribution in [3.63, 3.8) is 0 Å². The lowest BCUT2D eigenvalue weighted by molar-refractivity contribution is 0.607. The number of aromatic nitrogens is 2. The van der Waals surface area contributed by atoms with Crippen molar-refractivity contribution < 1.29 is 8.42 Å². The summed E-state index contributed by atoms with van der Waals surface area (Å²) in [7, 11) is 1.72. The predicted octanol–water partition coefficient (Wildman–Crippen LogP) is 3.58. The fourth-order valence-electron chi connectivity index (χ4n) is 2.13. The molecular formula is C13H14Cl2N2O2S. The highest BCUT2D eigenvalue weighted by atomic mass is 35.7. The Kier molecular flexibility index (Phi) is 4.42. The van der Waals surface area contributed by atoms with Crippen molar-refractivity contribution in [2.45, 2.75) is 31.6 Å². The molecule has 0 atom stereocenters. The van der Waals surface area contributed by atoms with Crippen LogP contribution >= 0.6 is 22.3 Å². The Morgan fingerprint density at radius 2 is 1.95 bits per heavy atom. The van der Waals surface area contributed by atoms with Gasteiger partial charge in [-0.3, -0.25) is 0 Å². The molecule has 0 aliphatic rings. The van der Waals surface area contributed by atoms with E-state index < -0.39 is 9.05 Å². The lowest BCUT2D eigenvalue weighted by Gasteiger charge is -2.07. The molecule has 1 heterocycles. The minimum Gasteiger partial charge on any atom is -0.236 e. The largest absolute Gasteiger partial charge is 0.265 e. The van der Waals surface area contributed by atoms with Gasteiger partial charge in [-0.15, -0.1) is 0 Å². The fraction of sp³-hybridized carbons (Fsp3) is 0.308. The molecular weight excluding hydrogens is 319 g/mol. The molecule has 2 rings (SSSR count). The van der Waals surface area contributed by atoms with Crippen molar-refractivity contribution in [1.29, 1.82) is 0 Å². The molecule has 0 bridgehead atoms. The van der Waals surface area contributed by atoms with E-state index >= 15 is 0 Å². The summed E-state index contributed by atoms with van der Waals surface area (Å²) in [6, 6.07) is 7.10. The maximum atomic E-state index is 11.8. The van der Waals surface area contributed by atoms with Crippen molar-refractivity contribution in [3.05, 3.63) is 40.7 Å². The van der Waals surface area contributed by atoms with E-state index in [0.717, 1.165) is 5.69 Å². The predicted molar refractivity (Wildman–Crippen MR) is 80.4 cm³/mol. The third-order valence-electron chi connectivity index (χ3n) is 2.97. The van der Waals surface area contributed by atoms with E-state index in [1.165, 1.54) is 0 Å². The number of benzene rings is 1. The van der Waals surface area contributed by atoms with Gasteiger partial charge in [0, 0.05) is 15.7 Å². The number of aryl methyl sites for hydroxylation is 1. The third kappa shape index (κ3) is 2.85. The quantitative estimate of drug-likeness (QED) is 0.804. The minimum absolute atomic E-state index is 0.115. The molecule has 0 radical (unpaired) electrons. The molecule has 0 unspecified atom stereocenters. The van der Waals surface area contributed by atoms with Gasteiger partial charge in [0.2, 0.25) is 0 Å². The number of halogens is 2. The SMILES string of the molecule is CCc1nn(-c2cccc(Cl)c2)c(CC)c1S(=O)(=O)Cl. The fourth-order valence-corrected chi connectivity index (χ4v) is 3.83. The van der Waals surface area contributed by atoms with Crippen LogP contribution < -0.4 is 0 Å². The Labute approximate surface area is 127 Å². The Morgan fingerprint density at radius 3 is 2.45 bits per heavy atom. The first-order valence-electron chi connectivity index (χ1n) is 6.19. The van der Waals surface area contributed by atoms with Crippen LogP contribution in [0.4, 0.5) is 0 Å². The van der Waals surface area contributed by atoms with E-state index in [9.17, 15) is 8.42 Å². The van der Waals surface area contributed by atoms with Gasteiger partial charge in [-0.1, -0.05) is 31.5 Å². The summed E-state index contributed by atoms with van der Waals surface area (Å²) in [6.45, 7) is 3.71. The molecule has 1 aromatic carbocycles. The van der Waals surface area contributed by atoms with Gasteiger partial charge in [-0.2, -0.15) is 5.10 Å². The number of hydrogen-bond acceptors (Lipinski definition) is 3. The molecule has 4 nitrogen and oxygen atoms in total. The van der Waals surface area contributed by atoms with Gasteiger partial charge < -0.3 is 0 Å². The van der Waals surface area contributed by atoms with Crippen molar-refractivity contribution in [1.82, 2.24) is 9.78 Å². The molecule has 0 aliphatic carbocycles. The molecule has 0 saturated carbocycles. The highest BCUT2D eigenvalue weighted by Gasteiger charge is 2.25. The average Bonchev–Trinajstić information content (AvgIpc) is 2.77. The first-order valence-corrected chi connectivity index (χ1v) is 8.88. The average molecular weight is 333 g/mol. The molecule has 0 N–H and O–H groups in total. The highest BCUT2D eigenvalue weighted by molar-refractivity contribution is 8.13. The molecule has 7 heteroatoms. The Morgan fingerprint density at radius 1 is 1.25 bits per heavy atom. The molecule has 1 aromatic heterocycles. The summed E-state index contributed by atoms with van der Waals surface area (Å²) in [4.78, 5) is 0.115. The van der Waals surface area contributed by atoms with Gasteiger partial charge in [0.15, 0.2) is 0 Å². The van der Waals surface area contributed by atoms with E-state index in [1.807, 2.05) is 19.9 Å². The van der Waals surface area contributed by atoms with E-state index in [1.54, 1.807) is 22.9 Å². The first-order chi connectivity index (χ1) is 9.38. The van der Waals surface area contributed by atoms with Crippen molar-refractivity contribution in [3.8, 4) is 5.69 Å². The molecule has 0 amide bonds. The number of rotatable bonds is 4. The molecule has 2 aromatic rings. The topological polar surface area (TPSA) is 52.0 Å². The molecule has 0 saturated heterocycles. The van der Waals surface area contributed by atoms with E-state index in [4.69, 9.17) is 22.3 Å². The second-order valence-corrected chi connectivity index (χ2v) is 7.20. The summed E-state index contributed by atoms with van der Waals surface area (Å²) in [5, 5.41) is 4.94. The van der Waals surface area contributed by atoms with E-state index in [-0.39, 0.29) is 4.90 Å².